The summed E-state index contributed by atoms with van der Waals surface area (Å²) in [7, 11) is 0. The largest absolute Gasteiger partial charge is 0.373 e. The van der Waals surface area contributed by atoms with Gasteiger partial charge in [0.15, 0.2) is 5.96 Å². The lowest BCUT2D eigenvalue weighted by Crippen LogP contribution is -2.39. The molecule has 142 valence electrons. The smallest absolute Gasteiger partial charge is 0.191 e. The Morgan fingerprint density at radius 3 is 2.80 bits per heavy atom. The molecule has 0 spiro atoms. The number of nitrogens with zero attached hydrogens (tertiary/aromatic N) is 2. The number of rotatable bonds is 9. The molecule has 6 nitrogen and oxygen atoms in total. The third kappa shape index (κ3) is 8.71. The van der Waals surface area contributed by atoms with Crippen molar-refractivity contribution < 1.29 is 4.74 Å². The fourth-order valence-corrected chi connectivity index (χ4v) is 2.69. The van der Waals surface area contributed by atoms with Gasteiger partial charge in [0.05, 0.1) is 12.1 Å². The molecule has 1 atom stereocenters. The van der Waals surface area contributed by atoms with Crippen LogP contribution in [0, 0.1) is 0 Å². The van der Waals surface area contributed by atoms with Crippen LogP contribution in [0.2, 0.25) is 0 Å². The number of halogens is 1. The molecule has 25 heavy (non-hydrogen) atoms. The highest BCUT2D eigenvalue weighted by atomic mass is 127. The number of aliphatic imine (C=N–C) groups is 1. The lowest BCUT2D eigenvalue weighted by Gasteiger charge is -2.21. The molecule has 7 heteroatoms. The quantitative estimate of drug-likeness (QED) is 0.228. The summed E-state index contributed by atoms with van der Waals surface area (Å²) in [6, 6.07) is 5.90. The van der Waals surface area contributed by atoms with Crippen LogP contribution in [0.4, 0.5) is 5.82 Å². The Morgan fingerprint density at radius 2 is 2.12 bits per heavy atom. The van der Waals surface area contributed by atoms with Crippen molar-refractivity contribution in [3.05, 3.63) is 24.4 Å². The van der Waals surface area contributed by atoms with Crippen LogP contribution < -0.4 is 16.0 Å². The molecule has 1 saturated heterocycles. The molecule has 1 aliphatic rings. The molecule has 0 saturated carbocycles. The lowest BCUT2D eigenvalue weighted by molar-refractivity contribution is 0.0283. The number of unbranched alkanes of at least 4 members (excludes halogenated alkanes) is 1. The minimum absolute atomic E-state index is 0. The summed E-state index contributed by atoms with van der Waals surface area (Å²) >= 11 is 0. The molecule has 0 radical (unpaired) electrons. The lowest BCUT2D eigenvalue weighted by atomic mass is 10.0. The summed E-state index contributed by atoms with van der Waals surface area (Å²) in [6.07, 6.45) is 6.20. The maximum Gasteiger partial charge on any atom is 0.191 e. The van der Waals surface area contributed by atoms with E-state index in [1.807, 2.05) is 18.2 Å². The molecule has 3 N–H and O–H groups in total. The average molecular weight is 461 g/mol. The minimum Gasteiger partial charge on any atom is -0.373 e. The van der Waals surface area contributed by atoms with Crippen molar-refractivity contribution in [2.75, 3.05) is 38.1 Å². The first-order chi connectivity index (χ1) is 11.7. The summed E-state index contributed by atoms with van der Waals surface area (Å²) in [4.78, 5) is 8.93. The van der Waals surface area contributed by atoms with Crippen LogP contribution in [0.5, 0.6) is 0 Å². The Bertz CT molecular complexity index is 491. The zero-order valence-corrected chi connectivity index (χ0v) is 17.7. The van der Waals surface area contributed by atoms with Crippen LogP contribution >= 0.6 is 24.0 Å². The second-order valence-corrected chi connectivity index (χ2v) is 6.37. The molecule has 0 bridgehead atoms. The number of hydrogen-bond donors (Lipinski definition) is 3. The van der Waals surface area contributed by atoms with Crippen molar-refractivity contribution in [1.29, 1.82) is 0 Å². The zero-order valence-electron chi connectivity index (χ0n) is 15.4. The highest BCUT2D eigenvalue weighted by Crippen LogP contribution is 2.24. The van der Waals surface area contributed by atoms with E-state index in [1.165, 1.54) is 0 Å². The van der Waals surface area contributed by atoms with Gasteiger partial charge in [-0.05, 0) is 51.7 Å². The maximum absolute atomic E-state index is 5.79. The minimum atomic E-state index is -0.0883. The number of pyridine rings is 1. The van der Waals surface area contributed by atoms with Crippen LogP contribution in [0.3, 0.4) is 0 Å². The fraction of sp³-hybridized carbons (Fsp3) is 0.667. The Labute approximate surface area is 168 Å². The molecule has 0 amide bonds. The third-order valence-electron chi connectivity index (χ3n) is 4.08. The highest BCUT2D eigenvalue weighted by molar-refractivity contribution is 14.0. The number of hydrogen-bond acceptors (Lipinski definition) is 4. The number of nitrogens with one attached hydrogen (secondary N) is 3. The van der Waals surface area contributed by atoms with E-state index in [4.69, 9.17) is 4.74 Å². The molecule has 1 aromatic heterocycles. The topological polar surface area (TPSA) is 70.6 Å². The second-order valence-electron chi connectivity index (χ2n) is 6.37. The van der Waals surface area contributed by atoms with Crippen LogP contribution in [0.25, 0.3) is 0 Å². The van der Waals surface area contributed by atoms with Gasteiger partial charge in [0.2, 0.25) is 0 Å². The van der Waals surface area contributed by atoms with Gasteiger partial charge in [-0.3, -0.25) is 4.99 Å². The highest BCUT2D eigenvalue weighted by Gasteiger charge is 2.29. The Kier molecular flexibility index (Phi) is 10.8. The van der Waals surface area contributed by atoms with Gasteiger partial charge in [-0.1, -0.05) is 6.07 Å². The van der Waals surface area contributed by atoms with Gasteiger partial charge in [-0.15, -0.1) is 24.0 Å². The zero-order chi connectivity index (χ0) is 17.1. The monoisotopic (exact) mass is 461 g/mol. The molecular weight excluding hydrogens is 429 g/mol. The van der Waals surface area contributed by atoms with Crippen molar-refractivity contribution in [3.8, 4) is 0 Å². The first kappa shape index (κ1) is 22.0. The Morgan fingerprint density at radius 1 is 1.28 bits per heavy atom. The maximum atomic E-state index is 5.79. The van der Waals surface area contributed by atoms with E-state index >= 15 is 0 Å². The predicted molar refractivity (Wildman–Crippen MR) is 115 cm³/mol. The predicted octanol–water partition coefficient (Wildman–Crippen LogP) is 3.02. The SMILES string of the molecule is CCNC(=NCC1(C)CCCO1)NCCCCNc1ccccn1.I. The van der Waals surface area contributed by atoms with E-state index in [1.54, 1.807) is 6.20 Å². The van der Waals surface area contributed by atoms with Gasteiger partial charge >= 0.3 is 0 Å². The Hall–Kier alpha value is -1.09. The molecule has 1 unspecified atom stereocenters. The standard InChI is InChI=1S/C18H31N5O.HI/c1-3-19-17(23-15-18(2)10-8-14-24-18)22-13-7-6-12-21-16-9-4-5-11-20-16;/h4-5,9,11H,3,6-8,10,12-15H2,1-2H3,(H,20,21)(H2,19,22,23);1H. The van der Waals surface area contributed by atoms with E-state index in [2.05, 4.69) is 39.8 Å². The molecule has 1 aliphatic heterocycles. The van der Waals surface area contributed by atoms with Gasteiger partial charge < -0.3 is 20.7 Å². The summed E-state index contributed by atoms with van der Waals surface area (Å²) in [5.74, 6) is 1.82. The normalized spacial score (nSPS) is 20.0. The summed E-state index contributed by atoms with van der Waals surface area (Å²) in [5.41, 5.74) is -0.0883. The number of ether oxygens (including phenoxy) is 1. The van der Waals surface area contributed by atoms with Gasteiger partial charge in [-0.25, -0.2) is 4.98 Å². The van der Waals surface area contributed by atoms with Crippen LogP contribution in [-0.2, 0) is 4.74 Å². The first-order valence-electron chi connectivity index (χ1n) is 9.03. The van der Waals surface area contributed by atoms with E-state index < -0.39 is 0 Å². The molecule has 1 aromatic rings. The third-order valence-corrected chi connectivity index (χ3v) is 4.08. The van der Waals surface area contributed by atoms with Gasteiger partial charge in [0, 0.05) is 32.4 Å². The fourth-order valence-electron chi connectivity index (χ4n) is 2.69. The van der Waals surface area contributed by atoms with Crippen molar-refractivity contribution in [2.24, 2.45) is 4.99 Å². The summed E-state index contributed by atoms with van der Waals surface area (Å²) < 4.78 is 5.79. The average Bonchev–Trinajstić information content (AvgIpc) is 3.03. The molecule has 1 fully saturated rings. The van der Waals surface area contributed by atoms with Crippen molar-refractivity contribution in [2.45, 2.75) is 45.1 Å². The molecule has 2 rings (SSSR count). The van der Waals surface area contributed by atoms with Gasteiger partial charge in [0.1, 0.15) is 5.82 Å². The van der Waals surface area contributed by atoms with Crippen LogP contribution in [-0.4, -0.2) is 49.3 Å². The van der Waals surface area contributed by atoms with Crippen molar-refractivity contribution >= 4 is 35.8 Å². The Balaban J connectivity index is 0.00000312. The number of guanidine groups is 1. The van der Waals surface area contributed by atoms with Gasteiger partial charge in [0.25, 0.3) is 0 Å². The number of aromatic nitrogens is 1. The molecular formula is C18H32IN5O. The van der Waals surface area contributed by atoms with Gasteiger partial charge in [-0.2, -0.15) is 0 Å². The molecule has 0 aromatic carbocycles. The van der Waals surface area contributed by atoms with Crippen molar-refractivity contribution in [3.63, 3.8) is 0 Å². The number of anilines is 1. The molecule has 2 heterocycles. The van der Waals surface area contributed by atoms with Crippen LogP contribution in [0.1, 0.15) is 39.5 Å². The van der Waals surface area contributed by atoms with E-state index in [-0.39, 0.29) is 29.6 Å². The van der Waals surface area contributed by atoms with Crippen LogP contribution in [0.15, 0.2) is 29.4 Å². The van der Waals surface area contributed by atoms with E-state index in [0.717, 1.165) is 63.7 Å². The first-order valence-corrected chi connectivity index (χ1v) is 9.03. The molecule has 0 aliphatic carbocycles. The summed E-state index contributed by atoms with van der Waals surface area (Å²) in [5, 5.41) is 10.0. The van der Waals surface area contributed by atoms with Crippen molar-refractivity contribution in [1.82, 2.24) is 15.6 Å². The van der Waals surface area contributed by atoms with E-state index in [0.29, 0.717) is 6.54 Å². The second kappa shape index (κ2) is 12.3. The summed E-state index contributed by atoms with van der Waals surface area (Å²) in [6.45, 7) is 8.51. The van der Waals surface area contributed by atoms with E-state index in [9.17, 15) is 0 Å².